The van der Waals surface area contributed by atoms with Gasteiger partial charge in [-0.1, -0.05) is 40.9 Å². The first-order valence-electron chi connectivity index (χ1n) is 7.18. The van der Waals surface area contributed by atoms with Crippen molar-refractivity contribution in [3.8, 4) is 5.75 Å². The third kappa shape index (κ3) is 5.28. The molecule has 0 bridgehead atoms. The van der Waals surface area contributed by atoms with Crippen LogP contribution >= 0.6 is 34.8 Å². The molecule has 0 saturated carbocycles. The third-order valence-electron chi connectivity index (χ3n) is 3.37. The van der Waals surface area contributed by atoms with Crippen LogP contribution in [0.4, 0.5) is 0 Å². The van der Waals surface area contributed by atoms with Crippen LogP contribution in [0.15, 0.2) is 36.4 Å². The van der Waals surface area contributed by atoms with Crippen LogP contribution in [-0.4, -0.2) is 17.1 Å². The minimum atomic E-state index is -0.921. The van der Waals surface area contributed by atoms with E-state index in [0.29, 0.717) is 34.0 Å². The van der Waals surface area contributed by atoms with Gasteiger partial charge in [-0.15, -0.1) is 0 Å². The van der Waals surface area contributed by atoms with Crippen molar-refractivity contribution in [2.45, 2.75) is 26.1 Å². The van der Waals surface area contributed by atoms with Crippen LogP contribution < -0.4 is 10.1 Å². The number of aliphatic carboxylic acids is 1. The van der Waals surface area contributed by atoms with E-state index in [1.807, 2.05) is 6.07 Å². The lowest BCUT2D eigenvalue weighted by molar-refractivity contribution is -0.139. The minimum Gasteiger partial charge on any atom is -0.489 e. The minimum absolute atomic E-state index is 0.306. The lowest BCUT2D eigenvalue weighted by Gasteiger charge is -2.14. The van der Waals surface area contributed by atoms with Crippen molar-refractivity contribution in [1.29, 1.82) is 0 Å². The molecule has 2 rings (SSSR count). The summed E-state index contributed by atoms with van der Waals surface area (Å²) in [6, 6.07) is 9.82. The Bertz CT molecular complexity index is 737. The molecule has 0 radical (unpaired) electrons. The summed E-state index contributed by atoms with van der Waals surface area (Å²) in [6.45, 7) is 2.20. The van der Waals surface area contributed by atoms with Crippen molar-refractivity contribution < 1.29 is 14.6 Å². The van der Waals surface area contributed by atoms with Gasteiger partial charge in [0.25, 0.3) is 0 Å². The van der Waals surface area contributed by atoms with Gasteiger partial charge in [-0.25, -0.2) is 0 Å². The molecular formula is C17H16Cl3NO3. The van der Waals surface area contributed by atoms with Crippen LogP contribution in [0.25, 0.3) is 0 Å². The fraction of sp³-hybridized carbons (Fsp3) is 0.235. The van der Waals surface area contributed by atoms with Gasteiger partial charge in [0.05, 0.1) is 10.0 Å². The Balaban J connectivity index is 2.08. The molecule has 0 aliphatic heterocycles. The van der Waals surface area contributed by atoms with E-state index in [9.17, 15) is 4.79 Å². The van der Waals surface area contributed by atoms with Gasteiger partial charge in [0.15, 0.2) is 0 Å². The molecule has 24 heavy (non-hydrogen) atoms. The summed E-state index contributed by atoms with van der Waals surface area (Å²) in [6.07, 6.45) is 0. The Kier molecular flexibility index (Phi) is 6.75. The average molecular weight is 389 g/mol. The first kappa shape index (κ1) is 18.9. The fourth-order valence-electron chi connectivity index (χ4n) is 1.97. The van der Waals surface area contributed by atoms with Gasteiger partial charge >= 0.3 is 5.97 Å². The van der Waals surface area contributed by atoms with Gasteiger partial charge in [-0.05, 0) is 42.8 Å². The van der Waals surface area contributed by atoms with E-state index >= 15 is 0 Å². The predicted octanol–water partition coefficient (Wildman–Crippen LogP) is 4.79. The Hall–Kier alpha value is -1.46. The number of hydrogen-bond acceptors (Lipinski definition) is 3. The molecule has 0 fully saturated rings. The molecule has 1 unspecified atom stereocenters. The molecule has 0 heterocycles. The van der Waals surface area contributed by atoms with Crippen LogP contribution in [0.5, 0.6) is 5.75 Å². The molecule has 128 valence electrons. The molecule has 0 aliphatic carbocycles. The number of carbonyl (C=O) groups is 1. The number of ether oxygens (including phenoxy) is 1. The molecule has 2 N–H and O–H groups in total. The van der Waals surface area contributed by atoms with Crippen molar-refractivity contribution >= 4 is 40.8 Å². The van der Waals surface area contributed by atoms with E-state index in [0.717, 1.165) is 11.1 Å². The summed E-state index contributed by atoms with van der Waals surface area (Å²) < 4.78 is 5.82. The number of nitrogens with one attached hydrogen (secondary N) is 1. The van der Waals surface area contributed by atoms with Gasteiger partial charge in [-0.2, -0.15) is 0 Å². The maximum Gasteiger partial charge on any atom is 0.320 e. The van der Waals surface area contributed by atoms with E-state index in [1.54, 1.807) is 37.3 Å². The fourth-order valence-corrected chi connectivity index (χ4v) is 2.48. The summed E-state index contributed by atoms with van der Waals surface area (Å²) in [5, 5.41) is 13.3. The largest absolute Gasteiger partial charge is 0.489 e. The van der Waals surface area contributed by atoms with Gasteiger partial charge in [-0.3, -0.25) is 4.79 Å². The maximum atomic E-state index is 10.9. The van der Waals surface area contributed by atoms with Crippen LogP contribution in [0, 0.1) is 0 Å². The van der Waals surface area contributed by atoms with Crippen molar-refractivity contribution in [2.75, 3.05) is 0 Å². The van der Waals surface area contributed by atoms with Crippen molar-refractivity contribution in [2.24, 2.45) is 0 Å². The topological polar surface area (TPSA) is 58.6 Å². The highest BCUT2D eigenvalue weighted by molar-refractivity contribution is 6.42. The van der Waals surface area contributed by atoms with Crippen molar-refractivity contribution in [3.05, 3.63) is 62.6 Å². The highest BCUT2D eigenvalue weighted by atomic mass is 35.5. The zero-order valence-corrected chi connectivity index (χ0v) is 15.1. The highest BCUT2D eigenvalue weighted by Gasteiger charge is 2.12. The third-order valence-corrected chi connectivity index (χ3v) is 4.34. The number of hydrogen-bond donors (Lipinski definition) is 2. The molecule has 2 aromatic rings. The van der Waals surface area contributed by atoms with Crippen LogP contribution in [0.3, 0.4) is 0 Å². The molecule has 7 heteroatoms. The molecule has 0 saturated heterocycles. The van der Waals surface area contributed by atoms with Gasteiger partial charge in [0, 0.05) is 17.1 Å². The monoisotopic (exact) mass is 387 g/mol. The van der Waals surface area contributed by atoms with Gasteiger partial charge in [0.2, 0.25) is 0 Å². The van der Waals surface area contributed by atoms with E-state index in [2.05, 4.69) is 5.32 Å². The maximum absolute atomic E-state index is 10.9. The summed E-state index contributed by atoms with van der Waals surface area (Å²) in [5.41, 5.74) is 1.65. The molecule has 0 spiro atoms. The number of benzene rings is 2. The molecule has 0 aliphatic rings. The Morgan fingerprint density at radius 3 is 2.58 bits per heavy atom. The van der Waals surface area contributed by atoms with Crippen LogP contribution in [0.2, 0.25) is 15.1 Å². The Labute approximate surface area is 155 Å². The zero-order valence-electron chi connectivity index (χ0n) is 12.9. The number of rotatable bonds is 7. The van der Waals surface area contributed by atoms with Crippen LogP contribution in [0.1, 0.15) is 18.1 Å². The second-order valence-electron chi connectivity index (χ2n) is 5.23. The second-order valence-corrected chi connectivity index (χ2v) is 6.48. The molecule has 2 aromatic carbocycles. The summed E-state index contributed by atoms with van der Waals surface area (Å²) >= 11 is 17.9. The molecular weight excluding hydrogens is 373 g/mol. The average Bonchev–Trinajstić information content (AvgIpc) is 2.54. The zero-order chi connectivity index (χ0) is 17.7. The van der Waals surface area contributed by atoms with E-state index in [4.69, 9.17) is 44.6 Å². The Morgan fingerprint density at radius 1 is 1.17 bits per heavy atom. The van der Waals surface area contributed by atoms with E-state index in [1.165, 1.54) is 0 Å². The first-order valence-corrected chi connectivity index (χ1v) is 8.31. The lowest BCUT2D eigenvalue weighted by atomic mass is 10.2. The number of carboxylic acid groups (broad SMARTS) is 1. The van der Waals surface area contributed by atoms with Crippen molar-refractivity contribution in [3.63, 3.8) is 0 Å². The summed E-state index contributed by atoms with van der Waals surface area (Å²) in [4.78, 5) is 10.9. The smallest absolute Gasteiger partial charge is 0.320 e. The number of halogens is 3. The quantitative estimate of drug-likeness (QED) is 0.716. The summed E-state index contributed by atoms with van der Waals surface area (Å²) in [5.74, 6) is -0.300. The van der Waals surface area contributed by atoms with Gasteiger partial charge < -0.3 is 15.2 Å². The standard InChI is InChI=1S/C17H16Cl3NO3/c1-10(17(22)23)21-8-12-7-13(18)3-5-16(12)24-9-11-2-4-14(19)15(20)6-11/h2-7,10,21H,8-9H2,1H3,(H,22,23). The highest BCUT2D eigenvalue weighted by Crippen LogP contribution is 2.26. The molecule has 4 nitrogen and oxygen atoms in total. The lowest BCUT2D eigenvalue weighted by Crippen LogP contribution is -2.33. The normalized spacial score (nSPS) is 12.0. The second kappa shape index (κ2) is 8.58. The van der Waals surface area contributed by atoms with Gasteiger partial charge in [0.1, 0.15) is 18.4 Å². The van der Waals surface area contributed by atoms with Crippen LogP contribution in [-0.2, 0) is 17.9 Å². The molecule has 1 atom stereocenters. The summed E-state index contributed by atoms with van der Waals surface area (Å²) in [7, 11) is 0. The van der Waals surface area contributed by atoms with Crippen molar-refractivity contribution in [1.82, 2.24) is 5.32 Å². The molecule has 0 aromatic heterocycles. The predicted molar refractivity (Wildman–Crippen MR) is 96.2 cm³/mol. The SMILES string of the molecule is CC(NCc1cc(Cl)ccc1OCc1ccc(Cl)c(Cl)c1)C(=O)O. The Morgan fingerprint density at radius 2 is 1.92 bits per heavy atom. The molecule has 0 amide bonds. The van der Waals surface area contributed by atoms with E-state index in [-0.39, 0.29) is 0 Å². The first-order chi connectivity index (χ1) is 11.4. The number of carboxylic acids is 1. The van der Waals surface area contributed by atoms with E-state index < -0.39 is 12.0 Å².